The van der Waals surface area contributed by atoms with Crippen LogP contribution < -0.4 is 0 Å². The molecule has 1 aromatic carbocycles. The van der Waals surface area contributed by atoms with Gasteiger partial charge in [-0.3, -0.25) is 0 Å². The highest BCUT2D eigenvalue weighted by atomic mass is 14.2. The smallest absolute Gasteiger partial charge is 0.0399 e. The highest BCUT2D eigenvalue weighted by Gasteiger charge is 2.14. The minimum atomic E-state index is 1.11. The maximum absolute atomic E-state index is 4.21. The summed E-state index contributed by atoms with van der Waals surface area (Å²) in [6, 6.07) is 4.57. The van der Waals surface area contributed by atoms with Gasteiger partial charge in [-0.15, -0.1) is 0 Å². The summed E-state index contributed by atoms with van der Waals surface area (Å²) in [4.78, 5) is 0. The second-order valence-corrected chi connectivity index (χ2v) is 7.22. The van der Waals surface area contributed by atoms with E-state index in [0.717, 1.165) is 12.0 Å². The maximum atomic E-state index is 4.21. The van der Waals surface area contributed by atoms with Crippen molar-refractivity contribution >= 4 is 11.1 Å². The topological polar surface area (TPSA) is 0 Å². The summed E-state index contributed by atoms with van der Waals surface area (Å²) in [6.45, 7) is 8.48. The monoisotopic (exact) mass is 316 g/mol. The van der Waals surface area contributed by atoms with Crippen LogP contribution in [0.25, 0.3) is 11.1 Å². The number of aryl methyl sites for hydroxylation is 1. The van der Waals surface area contributed by atoms with Crippen LogP contribution >= 0.6 is 0 Å². The normalized spacial score (nSPS) is 17.4. The van der Waals surface area contributed by atoms with Crippen LogP contribution in [0.1, 0.15) is 80.5 Å². The molecule has 0 aliphatic heterocycles. The van der Waals surface area contributed by atoms with Crippen molar-refractivity contribution in [1.82, 2.24) is 0 Å². The molecule has 24 heavy (non-hydrogen) atoms. The molecule has 0 radical (unpaired) electrons. The predicted molar refractivity (Wildman–Crippen MR) is 106 cm³/mol. The van der Waals surface area contributed by atoms with Crippen molar-refractivity contribution < 1.29 is 0 Å². The summed E-state index contributed by atoms with van der Waals surface area (Å²) < 4.78 is 0. The fraction of sp³-hybridized carbons (Fsp3) is 0.417. The zero-order valence-corrected chi connectivity index (χ0v) is 15.2. The Balaban J connectivity index is 2.10. The van der Waals surface area contributed by atoms with Gasteiger partial charge in [0.1, 0.15) is 0 Å². The van der Waals surface area contributed by atoms with Crippen LogP contribution in [0.5, 0.6) is 0 Å². The second-order valence-electron chi connectivity index (χ2n) is 7.22. The SMILES string of the molecule is C=C(C)c1cc(C)cc(C2=CCCCC2)c1C#CC1=CCCCC1. The van der Waals surface area contributed by atoms with Crippen molar-refractivity contribution in [3.05, 3.63) is 58.7 Å². The highest BCUT2D eigenvalue weighted by molar-refractivity contribution is 5.80. The van der Waals surface area contributed by atoms with E-state index in [-0.39, 0.29) is 0 Å². The molecule has 2 aliphatic rings. The molecule has 124 valence electrons. The number of rotatable bonds is 2. The molecule has 3 rings (SSSR count). The summed E-state index contributed by atoms with van der Waals surface area (Å²) in [5, 5.41) is 0. The molecule has 0 N–H and O–H groups in total. The molecule has 0 heterocycles. The van der Waals surface area contributed by atoms with Crippen LogP contribution in [0, 0.1) is 18.8 Å². The average molecular weight is 316 g/mol. The van der Waals surface area contributed by atoms with E-state index in [1.165, 1.54) is 78.3 Å². The summed E-state index contributed by atoms with van der Waals surface area (Å²) >= 11 is 0. The van der Waals surface area contributed by atoms with Gasteiger partial charge in [0.15, 0.2) is 0 Å². The van der Waals surface area contributed by atoms with Crippen molar-refractivity contribution in [3.8, 4) is 11.8 Å². The maximum Gasteiger partial charge on any atom is 0.0399 e. The number of benzene rings is 1. The molecule has 0 fully saturated rings. The molecule has 0 nitrogen and oxygen atoms in total. The van der Waals surface area contributed by atoms with Crippen LogP contribution in [0.4, 0.5) is 0 Å². The molecule has 1 aromatic rings. The third-order valence-electron chi connectivity index (χ3n) is 5.02. The van der Waals surface area contributed by atoms with Gasteiger partial charge in [0.05, 0.1) is 0 Å². The van der Waals surface area contributed by atoms with E-state index in [4.69, 9.17) is 0 Å². The average Bonchev–Trinajstić information content (AvgIpc) is 2.61. The van der Waals surface area contributed by atoms with Crippen molar-refractivity contribution in [2.45, 2.75) is 65.2 Å². The van der Waals surface area contributed by atoms with Gasteiger partial charge in [-0.05, 0) is 98.6 Å². The lowest BCUT2D eigenvalue weighted by molar-refractivity contribution is 0.715. The van der Waals surface area contributed by atoms with Crippen LogP contribution in [-0.4, -0.2) is 0 Å². The van der Waals surface area contributed by atoms with Gasteiger partial charge in [-0.25, -0.2) is 0 Å². The van der Waals surface area contributed by atoms with Crippen LogP contribution in [-0.2, 0) is 0 Å². The molecule has 0 saturated heterocycles. The van der Waals surface area contributed by atoms with Gasteiger partial charge in [0.2, 0.25) is 0 Å². The van der Waals surface area contributed by atoms with E-state index < -0.39 is 0 Å². The molecule has 2 aliphatic carbocycles. The molecule has 0 amide bonds. The van der Waals surface area contributed by atoms with Crippen LogP contribution in [0.15, 0.2) is 36.4 Å². The molecule has 0 unspecified atom stereocenters. The zero-order chi connectivity index (χ0) is 16.9. The molecule has 0 heteroatoms. The van der Waals surface area contributed by atoms with Gasteiger partial charge in [-0.2, -0.15) is 0 Å². The second kappa shape index (κ2) is 7.71. The molecule has 0 saturated carbocycles. The van der Waals surface area contributed by atoms with Gasteiger partial charge in [0.25, 0.3) is 0 Å². The predicted octanol–water partition coefficient (Wildman–Crippen LogP) is 6.84. The van der Waals surface area contributed by atoms with Crippen molar-refractivity contribution in [1.29, 1.82) is 0 Å². The van der Waals surface area contributed by atoms with E-state index >= 15 is 0 Å². The summed E-state index contributed by atoms with van der Waals surface area (Å²) in [5.41, 5.74) is 8.97. The van der Waals surface area contributed by atoms with Gasteiger partial charge < -0.3 is 0 Å². The van der Waals surface area contributed by atoms with E-state index in [1.54, 1.807) is 0 Å². The first-order chi connectivity index (χ1) is 11.6. The summed E-state index contributed by atoms with van der Waals surface area (Å²) in [7, 11) is 0. The van der Waals surface area contributed by atoms with E-state index in [2.05, 4.69) is 56.6 Å². The van der Waals surface area contributed by atoms with Gasteiger partial charge in [0, 0.05) is 5.56 Å². The Morgan fingerprint density at radius 3 is 2.33 bits per heavy atom. The van der Waals surface area contributed by atoms with Gasteiger partial charge >= 0.3 is 0 Å². The van der Waals surface area contributed by atoms with E-state index in [9.17, 15) is 0 Å². The zero-order valence-electron chi connectivity index (χ0n) is 15.2. The fourth-order valence-corrected chi connectivity index (χ4v) is 3.69. The van der Waals surface area contributed by atoms with Crippen LogP contribution in [0.3, 0.4) is 0 Å². The number of hydrogen-bond acceptors (Lipinski definition) is 0. The fourth-order valence-electron chi connectivity index (χ4n) is 3.69. The molecule has 0 aromatic heterocycles. The lowest BCUT2D eigenvalue weighted by Crippen LogP contribution is -2.00. The van der Waals surface area contributed by atoms with Gasteiger partial charge in [-0.1, -0.05) is 42.7 Å². The molecular formula is C24H28. The molecular weight excluding hydrogens is 288 g/mol. The summed E-state index contributed by atoms with van der Waals surface area (Å²) in [6.07, 6.45) is 14.6. The Bertz CT molecular complexity index is 759. The Kier molecular flexibility index (Phi) is 5.41. The standard InChI is InChI=1S/C24H28/c1-18(2)23-16-19(3)17-24(21-12-8-5-9-13-21)22(23)15-14-20-10-6-4-7-11-20/h10,12,16-17H,1,4-9,11,13H2,2-3H3. The minimum Gasteiger partial charge on any atom is -0.0955 e. The van der Waals surface area contributed by atoms with Crippen molar-refractivity contribution in [2.24, 2.45) is 0 Å². The number of hydrogen-bond donors (Lipinski definition) is 0. The third-order valence-corrected chi connectivity index (χ3v) is 5.02. The Labute approximate surface area is 147 Å². The summed E-state index contributed by atoms with van der Waals surface area (Å²) in [5.74, 6) is 7.01. The first-order valence-electron chi connectivity index (χ1n) is 9.36. The van der Waals surface area contributed by atoms with E-state index in [0.29, 0.717) is 0 Å². The third kappa shape index (κ3) is 3.90. The lowest BCUT2D eigenvalue weighted by atomic mass is 9.86. The van der Waals surface area contributed by atoms with Crippen molar-refractivity contribution in [3.63, 3.8) is 0 Å². The Morgan fingerprint density at radius 2 is 1.71 bits per heavy atom. The molecule has 0 bridgehead atoms. The van der Waals surface area contributed by atoms with Crippen LogP contribution in [0.2, 0.25) is 0 Å². The van der Waals surface area contributed by atoms with E-state index in [1.807, 2.05) is 0 Å². The quantitative estimate of drug-likeness (QED) is 0.524. The largest absolute Gasteiger partial charge is 0.0955 e. The number of allylic oxidation sites excluding steroid dienone is 5. The Hall–Kier alpha value is -2.00. The lowest BCUT2D eigenvalue weighted by Gasteiger charge is -2.18. The first kappa shape index (κ1) is 16.8. The molecule has 0 spiro atoms. The minimum absolute atomic E-state index is 1.11. The highest BCUT2D eigenvalue weighted by Crippen LogP contribution is 2.33. The Morgan fingerprint density at radius 1 is 0.958 bits per heavy atom. The first-order valence-corrected chi connectivity index (χ1v) is 9.36. The van der Waals surface area contributed by atoms with Crippen molar-refractivity contribution in [2.75, 3.05) is 0 Å². The molecule has 0 atom stereocenters.